The molecule has 2 heterocycles. The van der Waals surface area contributed by atoms with Gasteiger partial charge in [0.1, 0.15) is 12.1 Å². The van der Waals surface area contributed by atoms with Crippen LogP contribution in [0.3, 0.4) is 0 Å². The average molecular weight is 240 g/mol. The van der Waals surface area contributed by atoms with Crippen LogP contribution >= 0.6 is 0 Å². The summed E-state index contributed by atoms with van der Waals surface area (Å²) >= 11 is 0. The topological polar surface area (TPSA) is 55.1 Å². The van der Waals surface area contributed by atoms with Crippen LogP contribution in [0, 0.1) is 0 Å². The zero-order valence-corrected chi connectivity index (χ0v) is 9.02. The Bertz CT molecular complexity index is 578. The van der Waals surface area contributed by atoms with Crippen molar-refractivity contribution in [2.75, 3.05) is 0 Å². The molecule has 0 fully saturated rings. The summed E-state index contributed by atoms with van der Waals surface area (Å²) in [5.41, 5.74) is 0.109. The summed E-state index contributed by atoms with van der Waals surface area (Å²) in [4.78, 5) is 14.4. The molecule has 2 aromatic heterocycles. The highest BCUT2D eigenvalue weighted by Crippen LogP contribution is 2.36. The van der Waals surface area contributed by atoms with Gasteiger partial charge in [-0.2, -0.15) is 0 Å². The summed E-state index contributed by atoms with van der Waals surface area (Å²) in [5, 5.41) is 8.77. The van der Waals surface area contributed by atoms with E-state index >= 15 is 0 Å². The van der Waals surface area contributed by atoms with Crippen LogP contribution in [0.5, 0.6) is 0 Å². The molecule has 1 N–H and O–H groups in total. The van der Waals surface area contributed by atoms with Crippen LogP contribution in [0.15, 0.2) is 24.5 Å². The number of alkyl halides is 2. The zero-order chi connectivity index (χ0) is 12.6. The van der Waals surface area contributed by atoms with Crippen molar-refractivity contribution in [2.24, 2.45) is 7.05 Å². The van der Waals surface area contributed by atoms with Crippen LogP contribution in [0.25, 0.3) is 11.0 Å². The number of aromatic nitrogens is 2. The number of fused-ring (bicyclic) bond motifs is 1. The first-order valence-corrected chi connectivity index (χ1v) is 4.92. The highest BCUT2D eigenvalue weighted by atomic mass is 19.3. The van der Waals surface area contributed by atoms with Crippen molar-refractivity contribution in [1.82, 2.24) is 9.55 Å². The third-order valence-corrected chi connectivity index (χ3v) is 2.50. The molecule has 0 saturated heterocycles. The van der Waals surface area contributed by atoms with Crippen LogP contribution in [-0.4, -0.2) is 20.6 Å². The molecule has 0 aliphatic heterocycles. The number of nitrogens with zero attached hydrogens (tertiary/aromatic N) is 2. The maximum atomic E-state index is 13.7. The summed E-state index contributed by atoms with van der Waals surface area (Å²) in [5.74, 6) is -4.93. The zero-order valence-electron chi connectivity index (χ0n) is 9.02. The van der Waals surface area contributed by atoms with Crippen molar-refractivity contribution >= 4 is 17.0 Å². The molecule has 2 aromatic rings. The number of pyridine rings is 1. The SMILES string of the molecule is Cn1cc(C(F)(F)CC(=O)O)c2cccnc21. The monoisotopic (exact) mass is 240 g/mol. The Hall–Kier alpha value is -1.98. The Kier molecular flexibility index (Phi) is 2.57. The van der Waals surface area contributed by atoms with E-state index in [-0.39, 0.29) is 10.9 Å². The first kappa shape index (κ1) is 11.5. The van der Waals surface area contributed by atoms with Gasteiger partial charge in [0.15, 0.2) is 0 Å². The number of aryl methyl sites for hydroxylation is 1. The van der Waals surface area contributed by atoms with Gasteiger partial charge in [0.05, 0.1) is 0 Å². The number of carboxylic acid groups (broad SMARTS) is 1. The van der Waals surface area contributed by atoms with Crippen molar-refractivity contribution < 1.29 is 18.7 Å². The summed E-state index contributed by atoms with van der Waals surface area (Å²) in [6.07, 6.45) is 1.50. The average Bonchev–Trinajstić information content (AvgIpc) is 2.56. The maximum absolute atomic E-state index is 13.7. The predicted molar refractivity (Wildman–Crippen MR) is 56.9 cm³/mol. The number of rotatable bonds is 3. The van der Waals surface area contributed by atoms with Gasteiger partial charge in [-0.15, -0.1) is 0 Å². The third-order valence-electron chi connectivity index (χ3n) is 2.50. The quantitative estimate of drug-likeness (QED) is 0.894. The summed E-state index contributed by atoms with van der Waals surface area (Å²) in [7, 11) is 1.59. The minimum atomic E-state index is -3.39. The Morgan fingerprint density at radius 1 is 1.59 bits per heavy atom. The number of carbonyl (C=O) groups is 1. The van der Waals surface area contributed by atoms with Gasteiger partial charge in [-0.25, -0.2) is 13.8 Å². The molecule has 0 aliphatic carbocycles. The molecule has 0 unspecified atom stereocenters. The van der Waals surface area contributed by atoms with E-state index in [1.165, 1.54) is 23.0 Å². The van der Waals surface area contributed by atoms with Crippen molar-refractivity contribution in [1.29, 1.82) is 0 Å². The van der Waals surface area contributed by atoms with Crippen molar-refractivity contribution in [3.05, 3.63) is 30.1 Å². The second-order valence-electron chi connectivity index (χ2n) is 3.80. The van der Waals surface area contributed by atoms with Crippen molar-refractivity contribution in [3.8, 4) is 0 Å². The molecule has 2 rings (SSSR count). The summed E-state index contributed by atoms with van der Waals surface area (Å²) < 4.78 is 28.9. The fourth-order valence-corrected chi connectivity index (χ4v) is 1.79. The maximum Gasteiger partial charge on any atom is 0.309 e. The predicted octanol–water partition coefficient (Wildman–Crippen LogP) is 2.14. The Morgan fingerprint density at radius 3 is 2.94 bits per heavy atom. The summed E-state index contributed by atoms with van der Waals surface area (Å²) in [6, 6.07) is 3.05. The van der Waals surface area contributed by atoms with Crippen LogP contribution in [-0.2, 0) is 17.8 Å². The van der Waals surface area contributed by atoms with E-state index in [9.17, 15) is 13.6 Å². The molecule has 0 spiro atoms. The van der Waals surface area contributed by atoms with Crippen LogP contribution in [0.1, 0.15) is 12.0 Å². The molecule has 17 heavy (non-hydrogen) atoms. The minimum absolute atomic E-state index is 0.279. The molecule has 6 heteroatoms. The van der Waals surface area contributed by atoms with Crippen molar-refractivity contribution in [2.45, 2.75) is 12.3 Å². The molecule has 0 radical (unpaired) electrons. The molecule has 0 bridgehead atoms. The molecule has 90 valence electrons. The van der Waals surface area contributed by atoms with Gasteiger partial charge in [0, 0.05) is 30.4 Å². The first-order chi connectivity index (χ1) is 7.92. The van der Waals surface area contributed by atoms with E-state index in [1.807, 2.05) is 0 Å². The van der Waals surface area contributed by atoms with Crippen LogP contribution < -0.4 is 0 Å². The smallest absolute Gasteiger partial charge is 0.309 e. The first-order valence-electron chi connectivity index (χ1n) is 4.92. The van der Waals surface area contributed by atoms with Gasteiger partial charge in [-0.1, -0.05) is 0 Å². The van der Waals surface area contributed by atoms with Gasteiger partial charge >= 0.3 is 5.97 Å². The van der Waals surface area contributed by atoms with E-state index < -0.39 is 18.3 Å². The molecular weight excluding hydrogens is 230 g/mol. The minimum Gasteiger partial charge on any atom is -0.481 e. The number of carboxylic acids is 1. The number of aliphatic carboxylic acids is 1. The molecule has 4 nitrogen and oxygen atoms in total. The van der Waals surface area contributed by atoms with Crippen LogP contribution in [0.4, 0.5) is 8.78 Å². The fourth-order valence-electron chi connectivity index (χ4n) is 1.79. The lowest BCUT2D eigenvalue weighted by Gasteiger charge is -2.12. The Balaban J connectivity index is 2.59. The number of hydrogen-bond donors (Lipinski definition) is 1. The standard InChI is InChI=1S/C11H10F2N2O2/c1-15-6-8(11(12,13)5-9(16)17)7-3-2-4-14-10(7)15/h2-4,6H,5H2,1H3,(H,16,17). The normalized spacial score (nSPS) is 11.9. The highest BCUT2D eigenvalue weighted by molar-refractivity contribution is 5.82. The fraction of sp³-hybridized carbons (Fsp3) is 0.273. The van der Waals surface area contributed by atoms with E-state index in [4.69, 9.17) is 5.11 Å². The molecule has 0 aromatic carbocycles. The second-order valence-corrected chi connectivity index (χ2v) is 3.80. The van der Waals surface area contributed by atoms with E-state index in [0.29, 0.717) is 5.65 Å². The highest BCUT2D eigenvalue weighted by Gasteiger charge is 2.37. The number of hydrogen-bond acceptors (Lipinski definition) is 2. The van der Waals surface area contributed by atoms with Gasteiger partial charge < -0.3 is 9.67 Å². The second kappa shape index (κ2) is 3.80. The molecule has 0 saturated carbocycles. The van der Waals surface area contributed by atoms with E-state index in [2.05, 4.69) is 4.98 Å². The van der Waals surface area contributed by atoms with Crippen LogP contribution in [0.2, 0.25) is 0 Å². The Morgan fingerprint density at radius 2 is 2.29 bits per heavy atom. The van der Waals surface area contributed by atoms with Gasteiger partial charge in [0.2, 0.25) is 0 Å². The molecule has 0 amide bonds. The molecule has 0 atom stereocenters. The molecule has 0 aliphatic rings. The third kappa shape index (κ3) is 1.98. The molecular formula is C11H10F2N2O2. The summed E-state index contributed by atoms with van der Waals surface area (Å²) in [6.45, 7) is 0. The van der Waals surface area contributed by atoms with Crippen molar-refractivity contribution in [3.63, 3.8) is 0 Å². The van der Waals surface area contributed by atoms with Gasteiger partial charge in [0.25, 0.3) is 5.92 Å². The van der Waals surface area contributed by atoms with Gasteiger partial charge in [-0.05, 0) is 12.1 Å². The largest absolute Gasteiger partial charge is 0.481 e. The Labute approximate surface area is 95.5 Å². The lowest BCUT2D eigenvalue weighted by Crippen LogP contribution is -2.18. The lowest BCUT2D eigenvalue weighted by molar-refractivity contribution is -0.145. The van der Waals surface area contributed by atoms with E-state index in [0.717, 1.165) is 0 Å². The number of halogens is 2. The van der Waals surface area contributed by atoms with Gasteiger partial charge in [-0.3, -0.25) is 4.79 Å². The lowest BCUT2D eigenvalue weighted by atomic mass is 10.1. The van der Waals surface area contributed by atoms with E-state index in [1.54, 1.807) is 13.1 Å².